The summed E-state index contributed by atoms with van der Waals surface area (Å²) < 4.78 is 5.84. The molecule has 1 rings (SSSR count). The van der Waals surface area contributed by atoms with E-state index in [1.54, 1.807) is 0 Å². The van der Waals surface area contributed by atoms with Crippen LogP contribution in [0.5, 0.6) is 0 Å². The zero-order valence-corrected chi connectivity index (χ0v) is 14.5. The number of hydrogen-bond donors (Lipinski definition) is 2. The van der Waals surface area contributed by atoms with Crippen LogP contribution < -0.4 is 5.32 Å². The highest BCUT2D eigenvalue weighted by Crippen LogP contribution is 2.20. The van der Waals surface area contributed by atoms with E-state index >= 15 is 0 Å². The standard InChI is InChI=1S/C17H36N2O2/c1-14(2)10-15(12-19(3)4)18-11-16(20)13-21-17-8-6-5-7-9-17/h14-18,20H,5-13H2,1-4H3. The summed E-state index contributed by atoms with van der Waals surface area (Å²) in [5, 5.41) is 13.6. The summed E-state index contributed by atoms with van der Waals surface area (Å²) in [7, 11) is 4.19. The molecule has 0 radical (unpaired) electrons. The summed E-state index contributed by atoms with van der Waals surface area (Å²) in [6.07, 6.45) is 7.33. The maximum absolute atomic E-state index is 10.1. The Kier molecular flexibility index (Phi) is 9.49. The summed E-state index contributed by atoms with van der Waals surface area (Å²) in [4.78, 5) is 2.20. The van der Waals surface area contributed by atoms with E-state index in [9.17, 15) is 5.11 Å². The average molecular weight is 300 g/mol. The molecule has 21 heavy (non-hydrogen) atoms. The third kappa shape index (κ3) is 9.46. The molecular weight excluding hydrogens is 264 g/mol. The predicted octanol–water partition coefficient (Wildman–Crippen LogP) is 2.26. The van der Waals surface area contributed by atoms with E-state index in [2.05, 4.69) is 38.2 Å². The zero-order valence-electron chi connectivity index (χ0n) is 14.5. The van der Waals surface area contributed by atoms with Crippen LogP contribution in [0.25, 0.3) is 0 Å². The van der Waals surface area contributed by atoms with Crippen LogP contribution >= 0.6 is 0 Å². The minimum absolute atomic E-state index is 0.377. The highest BCUT2D eigenvalue weighted by molar-refractivity contribution is 4.74. The number of nitrogens with one attached hydrogen (secondary N) is 1. The Bertz CT molecular complexity index is 243. The molecule has 1 saturated carbocycles. The van der Waals surface area contributed by atoms with Gasteiger partial charge in [0, 0.05) is 19.1 Å². The van der Waals surface area contributed by atoms with Crippen LogP contribution in [-0.2, 0) is 4.74 Å². The van der Waals surface area contributed by atoms with E-state index in [-0.39, 0.29) is 0 Å². The van der Waals surface area contributed by atoms with E-state index in [0.29, 0.717) is 31.2 Å². The van der Waals surface area contributed by atoms with Crippen molar-refractivity contribution in [2.75, 3.05) is 33.8 Å². The van der Waals surface area contributed by atoms with Crippen molar-refractivity contribution in [2.24, 2.45) is 5.92 Å². The second kappa shape index (κ2) is 10.5. The fourth-order valence-corrected chi connectivity index (χ4v) is 3.07. The van der Waals surface area contributed by atoms with Gasteiger partial charge in [-0.3, -0.25) is 0 Å². The van der Waals surface area contributed by atoms with Crippen LogP contribution in [0.1, 0.15) is 52.4 Å². The molecular formula is C17H36N2O2. The first kappa shape index (κ1) is 18.9. The SMILES string of the molecule is CC(C)CC(CN(C)C)NCC(O)COC1CCCCC1. The average Bonchev–Trinajstić information content (AvgIpc) is 2.42. The van der Waals surface area contributed by atoms with Crippen molar-refractivity contribution in [3.63, 3.8) is 0 Å². The van der Waals surface area contributed by atoms with Crippen LogP contribution in [0.15, 0.2) is 0 Å². The lowest BCUT2D eigenvalue weighted by atomic mass is 9.98. The van der Waals surface area contributed by atoms with E-state index < -0.39 is 6.10 Å². The summed E-state index contributed by atoms with van der Waals surface area (Å²) in [5.74, 6) is 0.665. The fourth-order valence-electron chi connectivity index (χ4n) is 3.07. The van der Waals surface area contributed by atoms with Crippen molar-refractivity contribution in [2.45, 2.75) is 70.6 Å². The van der Waals surface area contributed by atoms with Gasteiger partial charge >= 0.3 is 0 Å². The van der Waals surface area contributed by atoms with Crippen LogP contribution in [0.3, 0.4) is 0 Å². The molecule has 126 valence electrons. The topological polar surface area (TPSA) is 44.7 Å². The van der Waals surface area contributed by atoms with Crippen molar-refractivity contribution in [3.05, 3.63) is 0 Å². The van der Waals surface area contributed by atoms with Crippen LogP contribution in [0, 0.1) is 5.92 Å². The Labute approximate surface area is 131 Å². The third-order valence-electron chi connectivity index (χ3n) is 4.06. The largest absolute Gasteiger partial charge is 0.389 e. The smallest absolute Gasteiger partial charge is 0.0897 e. The maximum atomic E-state index is 10.1. The monoisotopic (exact) mass is 300 g/mol. The lowest BCUT2D eigenvalue weighted by molar-refractivity contribution is -0.0239. The van der Waals surface area contributed by atoms with Gasteiger partial charge in [-0.05, 0) is 39.3 Å². The Morgan fingerprint density at radius 3 is 2.43 bits per heavy atom. The molecule has 0 aromatic heterocycles. The van der Waals surface area contributed by atoms with Gasteiger partial charge in [-0.15, -0.1) is 0 Å². The fraction of sp³-hybridized carbons (Fsp3) is 1.00. The summed E-state index contributed by atoms with van der Waals surface area (Å²) in [6, 6.07) is 0.435. The Hall–Kier alpha value is -0.160. The van der Waals surface area contributed by atoms with Gasteiger partial charge in [0.05, 0.1) is 18.8 Å². The van der Waals surface area contributed by atoms with Crippen molar-refractivity contribution < 1.29 is 9.84 Å². The van der Waals surface area contributed by atoms with Crippen LogP contribution in [-0.4, -0.2) is 62.0 Å². The number of nitrogens with zero attached hydrogens (tertiary/aromatic N) is 1. The molecule has 0 bridgehead atoms. The zero-order chi connectivity index (χ0) is 15.7. The summed E-state index contributed by atoms with van der Waals surface area (Å²) in [6.45, 7) is 6.58. The molecule has 4 nitrogen and oxygen atoms in total. The summed E-state index contributed by atoms with van der Waals surface area (Å²) >= 11 is 0. The molecule has 0 aromatic rings. The van der Waals surface area contributed by atoms with Crippen LogP contribution in [0.4, 0.5) is 0 Å². The normalized spacial score (nSPS) is 20.1. The van der Waals surface area contributed by atoms with Gasteiger partial charge in [0.25, 0.3) is 0 Å². The molecule has 0 amide bonds. The number of likely N-dealkylation sites (N-methyl/N-ethyl adjacent to an activating group) is 1. The lowest BCUT2D eigenvalue weighted by Gasteiger charge is -2.26. The minimum Gasteiger partial charge on any atom is -0.389 e. The van der Waals surface area contributed by atoms with Gasteiger partial charge in [-0.25, -0.2) is 0 Å². The quantitative estimate of drug-likeness (QED) is 0.649. The van der Waals surface area contributed by atoms with E-state index in [1.807, 2.05) is 0 Å². The van der Waals surface area contributed by atoms with Crippen molar-refractivity contribution in [3.8, 4) is 0 Å². The highest BCUT2D eigenvalue weighted by Gasteiger charge is 2.17. The van der Waals surface area contributed by atoms with Crippen LogP contribution in [0.2, 0.25) is 0 Å². The molecule has 1 aliphatic rings. The van der Waals surface area contributed by atoms with Gasteiger partial charge < -0.3 is 20.1 Å². The third-order valence-corrected chi connectivity index (χ3v) is 4.06. The molecule has 1 aliphatic carbocycles. The molecule has 1 fully saturated rings. The van der Waals surface area contributed by atoms with E-state index in [1.165, 1.54) is 19.3 Å². The number of aliphatic hydroxyl groups excluding tert-OH is 1. The molecule has 4 heteroatoms. The van der Waals surface area contributed by atoms with E-state index in [4.69, 9.17) is 4.74 Å². The number of rotatable bonds is 10. The second-order valence-corrected chi connectivity index (χ2v) is 7.24. The van der Waals surface area contributed by atoms with Crippen molar-refractivity contribution in [1.29, 1.82) is 0 Å². The Balaban J connectivity index is 2.19. The molecule has 0 saturated heterocycles. The first-order chi connectivity index (χ1) is 9.97. The highest BCUT2D eigenvalue weighted by atomic mass is 16.5. The van der Waals surface area contributed by atoms with Gasteiger partial charge in [0.2, 0.25) is 0 Å². The lowest BCUT2D eigenvalue weighted by Crippen LogP contribution is -2.43. The maximum Gasteiger partial charge on any atom is 0.0897 e. The predicted molar refractivity (Wildman–Crippen MR) is 88.6 cm³/mol. The Morgan fingerprint density at radius 2 is 1.86 bits per heavy atom. The Morgan fingerprint density at radius 1 is 1.19 bits per heavy atom. The number of hydrogen-bond acceptors (Lipinski definition) is 4. The van der Waals surface area contributed by atoms with E-state index in [0.717, 1.165) is 25.8 Å². The first-order valence-electron chi connectivity index (χ1n) is 8.65. The minimum atomic E-state index is -0.399. The van der Waals surface area contributed by atoms with Gasteiger partial charge in [-0.1, -0.05) is 33.1 Å². The van der Waals surface area contributed by atoms with Crippen molar-refractivity contribution >= 4 is 0 Å². The molecule has 2 atom stereocenters. The van der Waals surface area contributed by atoms with Crippen molar-refractivity contribution in [1.82, 2.24) is 10.2 Å². The molecule has 0 aliphatic heterocycles. The summed E-state index contributed by atoms with van der Waals surface area (Å²) in [5.41, 5.74) is 0. The molecule has 0 heterocycles. The first-order valence-corrected chi connectivity index (χ1v) is 8.65. The molecule has 2 unspecified atom stereocenters. The molecule has 0 spiro atoms. The molecule has 2 N–H and O–H groups in total. The second-order valence-electron chi connectivity index (χ2n) is 7.24. The van der Waals surface area contributed by atoms with Gasteiger partial charge in [0.15, 0.2) is 0 Å². The van der Waals surface area contributed by atoms with Gasteiger partial charge in [0.1, 0.15) is 0 Å². The number of aliphatic hydroxyl groups is 1. The molecule has 0 aromatic carbocycles. The number of ether oxygens (including phenoxy) is 1. The van der Waals surface area contributed by atoms with Gasteiger partial charge in [-0.2, -0.15) is 0 Å².